The molecule has 2 rings (SSSR count). The molecule has 2 aromatic rings. The van der Waals surface area contributed by atoms with Crippen LogP contribution in [0.15, 0.2) is 48.5 Å². The molecule has 0 saturated heterocycles. The van der Waals surface area contributed by atoms with Gasteiger partial charge in [0.2, 0.25) is 0 Å². The highest BCUT2D eigenvalue weighted by molar-refractivity contribution is 7.99. The average molecular weight is 346 g/mol. The van der Waals surface area contributed by atoms with Gasteiger partial charge in [-0.3, -0.25) is 4.18 Å². The molecule has 0 aliphatic rings. The minimum atomic E-state index is -4.20. The van der Waals surface area contributed by atoms with Gasteiger partial charge in [0.15, 0.2) is 7.14 Å². The van der Waals surface area contributed by atoms with Gasteiger partial charge >= 0.3 is 0 Å². The monoisotopic (exact) mass is 346 g/mol. The molecule has 0 aliphatic carbocycles. The van der Waals surface area contributed by atoms with Crippen LogP contribution in [0, 0.1) is 11.6 Å². The Labute approximate surface area is 127 Å². The number of hydrogen-bond acceptors (Lipinski definition) is 4. The molecular weight excluding hydrogens is 333 g/mol. The van der Waals surface area contributed by atoms with Crippen LogP contribution in [0.4, 0.5) is 8.78 Å². The van der Waals surface area contributed by atoms with Gasteiger partial charge in [0, 0.05) is 0 Å². The van der Waals surface area contributed by atoms with Crippen molar-refractivity contribution in [1.82, 2.24) is 0 Å². The first-order valence-corrected chi connectivity index (χ1v) is 9.64. The standard InChI is InChI=1S/C14H13F2O4PS/c1-20-22(18,19)10-21(17,13-8-4-2-6-11(13)15)14-9-5-3-7-12(14)16/h2-9H,10H2,1H3. The van der Waals surface area contributed by atoms with Gasteiger partial charge in [-0.1, -0.05) is 24.3 Å². The smallest absolute Gasteiger partial charge is 0.274 e. The third kappa shape index (κ3) is 3.27. The van der Waals surface area contributed by atoms with E-state index in [4.69, 9.17) is 0 Å². The van der Waals surface area contributed by atoms with Gasteiger partial charge in [0.1, 0.15) is 17.1 Å². The van der Waals surface area contributed by atoms with Crippen LogP contribution >= 0.6 is 7.14 Å². The van der Waals surface area contributed by atoms with E-state index >= 15 is 0 Å². The summed E-state index contributed by atoms with van der Waals surface area (Å²) >= 11 is 0. The lowest BCUT2D eigenvalue weighted by molar-refractivity contribution is 0.401. The first-order valence-electron chi connectivity index (χ1n) is 6.18. The maximum absolute atomic E-state index is 14.1. The summed E-state index contributed by atoms with van der Waals surface area (Å²) in [6.07, 6.45) is 0. The minimum absolute atomic E-state index is 0.347. The second-order valence-electron chi connectivity index (χ2n) is 4.50. The fraction of sp³-hybridized carbons (Fsp3) is 0.143. The fourth-order valence-electron chi connectivity index (χ4n) is 2.03. The van der Waals surface area contributed by atoms with Crippen molar-refractivity contribution >= 4 is 27.9 Å². The Balaban J connectivity index is 2.74. The van der Waals surface area contributed by atoms with Crippen LogP contribution in [0.25, 0.3) is 0 Å². The quantitative estimate of drug-likeness (QED) is 0.615. The molecule has 0 heterocycles. The van der Waals surface area contributed by atoms with Gasteiger partial charge in [-0.25, -0.2) is 8.78 Å². The van der Waals surface area contributed by atoms with E-state index < -0.39 is 34.4 Å². The van der Waals surface area contributed by atoms with Crippen molar-refractivity contribution in [1.29, 1.82) is 0 Å². The van der Waals surface area contributed by atoms with Crippen LogP contribution in [0.3, 0.4) is 0 Å². The molecule has 118 valence electrons. The number of halogens is 2. The lowest BCUT2D eigenvalue weighted by Crippen LogP contribution is -2.27. The molecule has 0 atom stereocenters. The van der Waals surface area contributed by atoms with Gasteiger partial charge in [-0.15, -0.1) is 0 Å². The molecule has 0 fully saturated rings. The molecule has 0 radical (unpaired) electrons. The van der Waals surface area contributed by atoms with E-state index in [1.807, 2.05) is 0 Å². The summed E-state index contributed by atoms with van der Waals surface area (Å²) in [6, 6.07) is 10.0. The zero-order valence-electron chi connectivity index (χ0n) is 11.6. The first kappa shape index (κ1) is 16.8. The zero-order chi connectivity index (χ0) is 16.4. The van der Waals surface area contributed by atoms with Crippen LogP contribution in [-0.2, 0) is 18.9 Å². The molecule has 0 amide bonds. The van der Waals surface area contributed by atoms with Crippen molar-refractivity contribution < 1.29 is 25.9 Å². The number of hydrogen-bond donors (Lipinski definition) is 0. The van der Waals surface area contributed by atoms with E-state index in [1.165, 1.54) is 36.4 Å². The largest absolute Gasteiger partial charge is 0.312 e. The summed E-state index contributed by atoms with van der Waals surface area (Å²) in [5.41, 5.74) is -1.02. The van der Waals surface area contributed by atoms with Gasteiger partial charge in [0.05, 0.1) is 17.7 Å². The highest BCUT2D eigenvalue weighted by Crippen LogP contribution is 2.46. The van der Waals surface area contributed by atoms with E-state index in [0.717, 1.165) is 19.2 Å². The van der Waals surface area contributed by atoms with E-state index in [9.17, 15) is 21.8 Å². The molecule has 2 aromatic carbocycles. The Morgan fingerprint density at radius 2 is 1.36 bits per heavy atom. The second kappa shape index (κ2) is 6.28. The van der Waals surface area contributed by atoms with Gasteiger partial charge in [-0.2, -0.15) is 8.42 Å². The lowest BCUT2D eigenvalue weighted by Gasteiger charge is -2.19. The Morgan fingerprint density at radius 3 is 1.73 bits per heavy atom. The van der Waals surface area contributed by atoms with Crippen molar-refractivity contribution in [3.8, 4) is 0 Å². The van der Waals surface area contributed by atoms with Crippen molar-refractivity contribution in [3.63, 3.8) is 0 Å². The SMILES string of the molecule is COS(=O)(=O)CP(=O)(c1ccccc1F)c1ccccc1F. The summed E-state index contributed by atoms with van der Waals surface area (Å²) in [5.74, 6) is -1.72. The second-order valence-corrected chi connectivity index (χ2v) is 9.42. The first-order chi connectivity index (χ1) is 10.3. The molecule has 4 nitrogen and oxygen atoms in total. The third-order valence-electron chi connectivity index (χ3n) is 3.08. The fourth-order valence-corrected chi connectivity index (χ4v) is 7.10. The predicted molar refractivity (Wildman–Crippen MR) is 80.5 cm³/mol. The Kier molecular flexibility index (Phi) is 4.80. The van der Waals surface area contributed by atoms with Crippen LogP contribution in [0.2, 0.25) is 0 Å². The normalized spacial score (nSPS) is 12.3. The molecule has 0 aromatic heterocycles. The molecule has 0 bridgehead atoms. The number of benzene rings is 2. The van der Waals surface area contributed by atoms with Gasteiger partial charge in [-0.05, 0) is 24.3 Å². The molecule has 0 unspecified atom stereocenters. The molecule has 0 saturated carbocycles. The third-order valence-corrected chi connectivity index (χ3v) is 8.59. The van der Waals surface area contributed by atoms with Crippen molar-refractivity contribution in [2.24, 2.45) is 0 Å². The Bertz CT molecular complexity index is 787. The Hall–Kier alpha value is -1.56. The average Bonchev–Trinajstić information content (AvgIpc) is 2.47. The van der Waals surface area contributed by atoms with Crippen molar-refractivity contribution in [3.05, 3.63) is 60.2 Å². The van der Waals surface area contributed by atoms with Crippen LogP contribution in [0.5, 0.6) is 0 Å². The molecule has 8 heteroatoms. The van der Waals surface area contributed by atoms with E-state index in [-0.39, 0.29) is 10.6 Å². The molecule has 0 spiro atoms. The topological polar surface area (TPSA) is 60.4 Å². The van der Waals surface area contributed by atoms with Crippen LogP contribution in [0.1, 0.15) is 0 Å². The number of rotatable bonds is 5. The summed E-state index contributed by atoms with van der Waals surface area (Å²) in [7, 11) is -7.40. The molecule has 0 aliphatic heterocycles. The van der Waals surface area contributed by atoms with E-state index in [0.29, 0.717) is 0 Å². The molecule has 22 heavy (non-hydrogen) atoms. The van der Waals surface area contributed by atoms with Crippen LogP contribution < -0.4 is 10.6 Å². The predicted octanol–water partition coefficient (Wildman–Crippen LogP) is 2.21. The van der Waals surface area contributed by atoms with Crippen molar-refractivity contribution in [2.75, 3.05) is 12.6 Å². The Morgan fingerprint density at radius 1 is 0.955 bits per heavy atom. The molecule has 0 N–H and O–H groups in total. The van der Waals surface area contributed by atoms with Gasteiger partial charge < -0.3 is 4.57 Å². The highest BCUT2D eigenvalue weighted by Gasteiger charge is 2.37. The van der Waals surface area contributed by atoms with E-state index in [2.05, 4.69) is 4.18 Å². The van der Waals surface area contributed by atoms with Crippen LogP contribution in [-0.4, -0.2) is 21.0 Å². The summed E-state index contributed by atoms with van der Waals surface area (Å²) in [6.45, 7) is 0. The maximum atomic E-state index is 14.1. The van der Waals surface area contributed by atoms with E-state index in [1.54, 1.807) is 0 Å². The highest BCUT2D eigenvalue weighted by atomic mass is 32.2. The lowest BCUT2D eigenvalue weighted by atomic mass is 10.3. The van der Waals surface area contributed by atoms with Gasteiger partial charge in [0.25, 0.3) is 10.1 Å². The minimum Gasteiger partial charge on any atom is -0.312 e. The van der Waals surface area contributed by atoms with Crippen molar-refractivity contribution in [2.45, 2.75) is 0 Å². The molecular formula is C14H13F2O4PS. The zero-order valence-corrected chi connectivity index (χ0v) is 13.3. The maximum Gasteiger partial charge on any atom is 0.274 e. The summed E-state index contributed by atoms with van der Waals surface area (Å²) < 4.78 is 69.2. The summed E-state index contributed by atoms with van der Waals surface area (Å²) in [5, 5.41) is -0.693. The summed E-state index contributed by atoms with van der Waals surface area (Å²) in [4.78, 5) is 0.